The summed E-state index contributed by atoms with van der Waals surface area (Å²) in [5.74, 6) is 1.86. The predicted octanol–water partition coefficient (Wildman–Crippen LogP) is 2.21. The molecule has 1 fully saturated rings. The van der Waals surface area contributed by atoms with E-state index in [2.05, 4.69) is 41.3 Å². The monoisotopic (exact) mass is 450 g/mol. The lowest BCUT2D eigenvalue weighted by Gasteiger charge is -2.22. The number of halogens is 1. The van der Waals surface area contributed by atoms with Gasteiger partial charge in [0, 0.05) is 31.7 Å². The van der Waals surface area contributed by atoms with Crippen LogP contribution in [0.5, 0.6) is 0 Å². The Hall–Kier alpha value is -0.800. The van der Waals surface area contributed by atoms with Crippen molar-refractivity contribution in [2.45, 2.75) is 45.9 Å². The SMILES string of the molecule is CCNC(=NCC(O)c1ccco1)NC1CN(C(C)C)CC1C.I. The molecule has 1 aliphatic rings. The summed E-state index contributed by atoms with van der Waals surface area (Å²) in [5, 5.41) is 16.9. The molecular weight excluding hydrogens is 419 g/mol. The topological polar surface area (TPSA) is 73.0 Å². The van der Waals surface area contributed by atoms with Gasteiger partial charge in [0.2, 0.25) is 0 Å². The quantitative estimate of drug-likeness (QED) is 0.352. The van der Waals surface area contributed by atoms with Gasteiger partial charge < -0.3 is 20.2 Å². The Bertz CT molecular complexity index is 493. The summed E-state index contributed by atoms with van der Waals surface area (Å²) in [6, 6.07) is 4.47. The summed E-state index contributed by atoms with van der Waals surface area (Å²) in [5.41, 5.74) is 0. The lowest BCUT2D eigenvalue weighted by Crippen LogP contribution is -2.47. The van der Waals surface area contributed by atoms with Gasteiger partial charge in [-0.05, 0) is 38.8 Å². The summed E-state index contributed by atoms with van der Waals surface area (Å²) < 4.78 is 5.21. The van der Waals surface area contributed by atoms with E-state index in [4.69, 9.17) is 4.42 Å². The van der Waals surface area contributed by atoms with Crippen LogP contribution in [0, 0.1) is 5.92 Å². The van der Waals surface area contributed by atoms with Crippen LogP contribution in [-0.2, 0) is 0 Å². The minimum atomic E-state index is -0.714. The summed E-state index contributed by atoms with van der Waals surface area (Å²) in [7, 11) is 0. The van der Waals surface area contributed by atoms with E-state index in [1.165, 1.54) is 0 Å². The first-order valence-corrected chi connectivity index (χ1v) is 8.51. The maximum absolute atomic E-state index is 10.1. The third-order valence-electron chi connectivity index (χ3n) is 4.33. The Morgan fingerprint density at radius 3 is 2.75 bits per heavy atom. The summed E-state index contributed by atoms with van der Waals surface area (Å²) in [6.45, 7) is 11.9. The van der Waals surface area contributed by atoms with Crippen LogP contribution >= 0.6 is 24.0 Å². The average Bonchev–Trinajstić information content (AvgIpc) is 3.15. The molecule has 7 heteroatoms. The largest absolute Gasteiger partial charge is 0.467 e. The van der Waals surface area contributed by atoms with Gasteiger partial charge >= 0.3 is 0 Å². The van der Waals surface area contributed by atoms with E-state index in [0.29, 0.717) is 23.8 Å². The van der Waals surface area contributed by atoms with Crippen LogP contribution < -0.4 is 10.6 Å². The number of furan rings is 1. The van der Waals surface area contributed by atoms with Gasteiger partial charge in [0.05, 0.1) is 12.8 Å². The van der Waals surface area contributed by atoms with Gasteiger partial charge in [-0.3, -0.25) is 9.89 Å². The molecular formula is C17H31IN4O2. The van der Waals surface area contributed by atoms with E-state index in [9.17, 15) is 5.11 Å². The number of hydrogen-bond donors (Lipinski definition) is 3. The Kier molecular flexibility index (Phi) is 9.07. The molecule has 0 bridgehead atoms. The van der Waals surface area contributed by atoms with Crippen molar-refractivity contribution in [1.29, 1.82) is 0 Å². The predicted molar refractivity (Wildman–Crippen MR) is 108 cm³/mol. The second kappa shape index (κ2) is 10.2. The number of nitrogens with one attached hydrogen (secondary N) is 2. The molecule has 2 heterocycles. The number of likely N-dealkylation sites (tertiary alicyclic amines) is 1. The van der Waals surface area contributed by atoms with Crippen LogP contribution in [0.15, 0.2) is 27.8 Å². The van der Waals surface area contributed by atoms with Crippen LogP contribution in [0.25, 0.3) is 0 Å². The van der Waals surface area contributed by atoms with Gasteiger partial charge in [0.1, 0.15) is 11.9 Å². The van der Waals surface area contributed by atoms with Crippen molar-refractivity contribution in [3.8, 4) is 0 Å². The minimum Gasteiger partial charge on any atom is -0.467 e. The smallest absolute Gasteiger partial charge is 0.191 e. The van der Waals surface area contributed by atoms with Crippen molar-refractivity contribution in [2.75, 3.05) is 26.2 Å². The van der Waals surface area contributed by atoms with E-state index >= 15 is 0 Å². The highest BCUT2D eigenvalue weighted by Gasteiger charge is 2.31. The molecule has 3 N–H and O–H groups in total. The fraction of sp³-hybridized carbons (Fsp3) is 0.706. The van der Waals surface area contributed by atoms with E-state index < -0.39 is 6.10 Å². The first-order chi connectivity index (χ1) is 11.0. The average molecular weight is 450 g/mol. The molecule has 1 aliphatic heterocycles. The van der Waals surface area contributed by atoms with Crippen LogP contribution in [0.4, 0.5) is 0 Å². The number of guanidine groups is 1. The summed E-state index contributed by atoms with van der Waals surface area (Å²) >= 11 is 0. The molecule has 0 spiro atoms. The van der Waals surface area contributed by atoms with Gasteiger partial charge in [-0.1, -0.05) is 6.92 Å². The number of aliphatic hydroxyl groups is 1. The zero-order chi connectivity index (χ0) is 16.8. The molecule has 6 nitrogen and oxygen atoms in total. The van der Waals surface area contributed by atoms with Gasteiger partial charge in [-0.15, -0.1) is 24.0 Å². The highest BCUT2D eigenvalue weighted by atomic mass is 127. The first-order valence-electron chi connectivity index (χ1n) is 8.51. The highest BCUT2D eigenvalue weighted by molar-refractivity contribution is 14.0. The standard InChI is InChI=1S/C17H30N4O2.HI/c1-5-18-17(19-9-15(22)16-7-6-8-23-16)20-14-11-21(12(2)3)10-13(14)4;/h6-8,12-15,22H,5,9-11H2,1-4H3,(H2,18,19,20);1H. The highest BCUT2D eigenvalue weighted by Crippen LogP contribution is 2.18. The van der Waals surface area contributed by atoms with Gasteiger partial charge in [0.15, 0.2) is 5.96 Å². The van der Waals surface area contributed by atoms with Crippen LogP contribution in [0.1, 0.15) is 39.6 Å². The van der Waals surface area contributed by atoms with Crippen molar-refractivity contribution in [3.63, 3.8) is 0 Å². The fourth-order valence-electron chi connectivity index (χ4n) is 2.86. The normalized spacial score (nSPS) is 23.2. The maximum Gasteiger partial charge on any atom is 0.191 e. The molecule has 0 radical (unpaired) electrons. The molecule has 3 unspecified atom stereocenters. The second-order valence-corrected chi connectivity index (χ2v) is 6.53. The number of rotatable bonds is 6. The molecule has 0 saturated carbocycles. The third kappa shape index (κ3) is 5.93. The van der Waals surface area contributed by atoms with E-state index in [0.717, 1.165) is 25.6 Å². The lowest BCUT2D eigenvalue weighted by molar-refractivity contribution is 0.158. The number of hydrogen-bond acceptors (Lipinski definition) is 4. The number of nitrogens with zero attached hydrogens (tertiary/aromatic N) is 2. The first kappa shape index (κ1) is 21.2. The minimum absolute atomic E-state index is 0. The molecule has 24 heavy (non-hydrogen) atoms. The molecule has 2 rings (SSSR count). The van der Waals surface area contributed by atoms with Crippen molar-refractivity contribution in [2.24, 2.45) is 10.9 Å². The summed E-state index contributed by atoms with van der Waals surface area (Å²) in [6.07, 6.45) is 0.848. The Morgan fingerprint density at radius 1 is 1.46 bits per heavy atom. The van der Waals surface area contributed by atoms with Crippen molar-refractivity contribution >= 4 is 29.9 Å². The second-order valence-electron chi connectivity index (χ2n) is 6.53. The van der Waals surface area contributed by atoms with Crippen molar-refractivity contribution in [3.05, 3.63) is 24.2 Å². The molecule has 1 saturated heterocycles. The molecule has 3 atom stereocenters. The van der Waals surface area contributed by atoms with Gasteiger partial charge in [-0.2, -0.15) is 0 Å². The fourth-order valence-corrected chi connectivity index (χ4v) is 2.86. The van der Waals surface area contributed by atoms with Crippen molar-refractivity contribution < 1.29 is 9.52 Å². The van der Waals surface area contributed by atoms with E-state index in [1.54, 1.807) is 18.4 Å². The van der Waals surface area contributed by atoms with E-state index in [1.807, 2.05) is 6.92 Å². The Balaban J connectivity index is 0.00000288. The Morgan fingerprint density at radius 2 is 2.21 bits per heavy atom. The van der Waals surface area contributed by atoms with Crippen molar-refractivity contribution in [1.82, 2.24) is 15.5 Å². The number of aliphatic hydroxyl groups excluding tert-OH is 1. The third-order valence-corrected chi connectivity index (χ3v) is 4.33. The molecule has 0 amide bonds. The molecule has 1 aromatic rings. The lowest BCUT2D eigenvalue weighted by atomic mass is 10.1. The van der Waals surface area contributed by atoms with Gasteiger partial charge in [0.25, 0.3) is 0 Å². The van der Waals surface area contributed by atoms with Crippen LogP contribution in [-0.4, -0.2) is 54.2 Å². The van der Waals surface area contributed by atoms with E-state index in [-0.39, 0.29) is 30.5 Å². The zero-order valence-corrected chi connectivity index (χ0v) is 17.4. The molecule has 138 valence electrons. The number of aliphatic imine (C=N–C) groups is 1. The zero-order valence-electron chi connectivity index (χ0n) is 15.0. The Labute approximate surface area is 162 Å². The molecule has 1 aromatic heterocycles. The van der Waals surface area contributed by atoms with Crippen LogP contribution in [0.2, 0.25) is 0 Å². The van der Waals surface area contributed by atoms with Crippen LogP contribution in [0.3, 0.4) is 0 Å². The maximum atomic E-state index is 10.1. The summed E-state index contributed by atoms with van der Waals surface area (Å²) in [4.78, 5) is 6.98. The molecule has 0 aliphatic carbocycles. The van der Waals surface area contributed by atoms with Gasteiger partial charge in [-0.25, -0.2) is 0 Å². The molecule has 0 aromatic carbocycles.